The molecule has 0 saturated carbocycles. The summed E-state index contributed by atoms with van der Waals surface area (Å²) in [5.41, 5.74) is 7.42. The van der Waals surface area contributed by atoms with Gasteiger partial charge in [0, 0.05) is 81.9 Å². The van der Waals surface area contributed by atoms with Crippen LogP contribution in [0.15, 0.2) is 213 Å². The van der Waals surface area contributed by atoms with Crippen molar-refractivity contribution in [3.63, 3.8) is 0 Å². The lowest BCUT2D eigenvalue weighted by Gasteiger charge is -2.15. The van der Waals surface area contributed by atoms with E-state index in [0.717, 1.165) is 108 Å². The molecule has 0 aliphatic rings. The van der Waals surface area contributed by atoms with Crippen molar-refractivity contribution in [2.24, 2.45) is 0 Å². The Kier molecular flexibility index (Phi) is 15.8. The first-order valence-electron chi connectivity index (χ1n) is 33.2. The molecule has 0 saturated heterocycles. The molecule has 20 aromatic rings. The zero-order chi connectivity index (χ0) is 75.4. The molecule has 110 heavy (non-hydrogen) atoms. The van der Waals surface area contributed by atoms with Crippen molar-refractivity contribution >= 4 is 231 Å². The van der Waals surface area contributed by atoms with Gasteiger partial charge >= 0.3 is 0 Å². The molecule has 0 unspecified atom stereocenters. The van der Waals surface area contributed by atoms with Gasteiger partial charge in [-0.3, -0.25) is 73.6 Å². The third kappa shape index (κ3) is 9.99. The number of nitriles is 1. The zero-order valence-corrected chi connectivity index (χ0v) is 56.6. The van der Waals surface area contributed by atoms with E-state index in [-0.39, 0.29) is 51.3 Å². The number of hydrogen-bond donors (Lipinski definition) is 0. The van der Waals surface area contributed by atoms with E-state index < -0.39 is 0 Å². The predicted octanol–water partition coefficient (Wildman–Crippen LogP) is 24.5. The van der Waals surface area contributed by atoms with Crippen LogP contribution >= 0.6 is 0 Å². The van der Waals surface area contributed by atoms with Gasteiger partial charge in [0.15, 0.2) is 28.4 Å². The van der Waals surface area contributed by atoms with Crippen molar-refractivity contribution in [1.82, 2.24) is 49.8 Å². The highest BCUT2D eigenvalue weighted by atomic mass is 15.0. The van der Waals surface area contributed by atoms with Crippen LogP contribution in [-0.2, 0) is 0 Å². The second-order valence-corrected chi connectivity index (χ2v) is 24.7. The maximum Gasteiger partial charge on any atom is 0.294 e. The Morgan fingerprint density at radius 2 is 0.573 bits per heavy atom. The maximum atomic E-state index is 9.91. The lowest BCUT2D eigenvalue weighted by molar-refractivity contribution is 1.29. The summed E-state index contributed by atoms with van der Waals surface area (Å²) in [5.74, 6) is -0.00945. The minimum absolute atomic E-state index is 0.00481. The van der Waals surface area contributed by atoms with Gasteiger partial charge in [0.1, 0.15) is 11.0 Å². The standard InChI is InChI=1S/C24H8N6.C23H9N5.C22H10N4.C20H8N6/c1-26-20-16(12-25)19-18(21(27-2)24(20)28-3)15-9-8-13-6-4-5-7-14(13)17(15)22-23(19)30-11-10-29-22;1-24-17-12-16-19(22(26-3)21(17)25-2)15-9-8-13-6-4-5-7-14(13)18(15)23-20(16)27-10-11-28-23;1-23-18-11-16-15-8-7-13-5-3-4-6-14(13)20(15)22-21(25-9-10-26-22)17(16)12-19(18)24-2;1-21-19-20(22-2)26-18-15(25-19)13-8-7-11-5-3-4-6-12(11)14(13)16-17(18)24-10-9-23-16/h4-11H;4-12H;3-12H;3-10H. The Hall–Kier alpha value is -17.8. The van der Waals surface area contributed by atoms with E-state index >= 15 is 0 Å². The Balaban J connectivity index is 0.000000107. The van der Waals surface area contributed by atoms with E-state index in [1.165, 1.54) is 6.20 Å². The van der Waals surface area contributed by atoms with E-state index in [2.05, 4.69) is 129 Å². The number of benzene rings is 15. The van der Waals surface area contributed by atoms with Crippen molar-refractivity contribution in [1.29, 1.82) is 5.26 Å². The average molecular weight is 1400 g/mol. The fourth-order valence-corrected chi connectivity index (χ4v) is 14.9. The fraction of sp³-hybridized carbons (Fsp3) is 0. The summed E-state index contributed by atoms with van der Waals surface area (Å²) in [6.45, 7) is 75.0. The van der Waals surface area contributed by atoms with Gasteiger partial charge in [-0.05, 0) is 92.2 Å². The third-order valence-corrected chi connectivity index (χ3v) is 19.4. The van der Waals surface area contributed by atoms with Gasteiger partial charge in [0.2, 0.25) is 28.1 Å². The molecule has 0 bridgehead atoms. The van der Waals surface area contributed by atoms with Crippen LogP contribution in [-0.4, -0.2) is 49.8 Å². The topological polar surface area (TPSA) is 196 Å². The van der Waals surface area contributed by atoms with Crippen molar-refractivity contribution in [2.45, 2.75) is 0 Å². The first kappa shape index (κ1) is 65.6. The van der Waals surface area contributed by atoms with Gasteiger partial charge in [-0.2, -0.15) is 5.26 Å². The normalized spacial score (nSPS) is 10.8. The molecule has 15 aromatic carbocycles. The second kappa shape index (κ2) is 26.6. The first-order chi connectivity index (χ1) is 54.1. The summed E-state index contributed by atoms with van der Waals surface area (Å²) in [7, 11) is 0. The lowest BCUT2D eigenvalue weighted by Crippen LogP contribution is -1.93. The summed E-state index contributed by atoms with van der Waals surface area (Å²) in [6.07, 6.45) is 13.0. The van der Waals surface area contributed by atoms with Crippen LogP contribution in [0.25, 0.3) is 222 Å². The maximum absolute atomic E-state index is 9.91. The summed E-state index contributed by atoms with van der Waals surface area (Å²) in [5, 5.41) is 29.4. The van der Waals surface area contributed by atoms with Crippen LogP contribution in [0.2, 0.25) is 0 Å². The molecule has 0 amide bonds. The molecule has 21 nitrogen and oxygen atoms in total. The van der Waals surface area contributed by atoms with Crippen LogP contribution in [0.1, 0.15) is 5.56 Å². The largest absolute Gasteiger partial charge is 0.370 e. The number of rotatable bonds is 0. The van der Waals surface area contributed by atoms with Crippen LogP contribution in [0.5, 0.6) is 0 Å². The van der Waals surface area contributed by atoms with Gasteiger partial charge in [-0.15, -0.1) is 9.97 Å². The molecule has 0 aliphatic heterocycles. The molecular formula is C89H35N21. The van der Waals surface area contributed by atoms with Gasteiger partial charge < -0.3 is 9.69 Å². The van der Waals surface area contributed by atoms with Gasteiger partial charge in [0.25, 0.3) is 11.6 Å². The quantitative estimate of drug-likeness (QED) is 0.103. The molecule has 0 fully saturated rings. The van der Waals surface area contributed by atoms with Gasteiger partial charge in [0.05, 0.1) is 97.3 Å². The van der Waals surface area contributed by atoms with Crippen LogP contribution in [0.3, 0.4) is 0 Å². The highest BCUT2D eigenvalue weighted by Crippen LogP contribution is 2.54. The van der Waals surface area contributed by atoms with E-state index in [1.54, 1.807) is 61.6 Å². The first-order valence-corrected chi connectivity index (χ1v) is 33.2. The summed E-state index contributed by atoms with van der Waals surface area (Å²) in [6, 6.07) is 55.3. The molecule has 0 aliphatic carbocycles. The second-order valence-electron chi connectivity index (χ2n) is 24.7. The van der Waals surface area contributed by atoms with Crippen LogP contribution < -0.4 is 0 Å². The Bertz CT molecular complexity index is 7930. The molecule has 5 heterocycles. The highest BCUT2D eigenvalue weighted by molar-refractivity contribution is 6.37. The molecule has 21 heteroatoms. The molecular weight excluding hydrogens is 1360 g/mol. The van der Waals surface area contributed by atoms with E-state index in [9.17, 15) is 5.26 Å². The molecule has 5 aromatic heterocycles. The van der Waals surface area contributed by atoms with E-state index in [1.807, 2.05) is 121 Å². The van der Waals surface area contributed by atoms with E-state index in [4.69, 9.17) is 65.7 Å². The molecule has 496 valence electrons. The van der Waals surface area contributed by atoms with Gasteiger partial charge in [-0.25, -0.2) is 4.98 Å². The lowest BCUT2D eigenvalue weighted by atomic mass is 9.91. The predicted molar refractivity (Wildman–Crippen MR) is 431 cm³/mol. The molecule has 0 N–H and O–H groups in total. The number of nitrogens with zero attached hydrogens (tertiary/aromatic N) is 21. The molecule has 0 atom stereocenters. The number of hydrogen-bond acceptors (Lipinski definition) is 11. The van der Waals surface area contributed by atoms with Crippen molar-refractivity contribution in [3.8, 4) is 6.07 Å². The van der Waals surface area contributed by atoms with Crippen molar-refractivity contribution < 1.29 is 0 Å². The molecule has 0 spiro atoms. The fourth-order valence-electron chi connectivity index (χ4n) is 14.9. The zero-order valence-electron chi connectivity index (χ0n) is 56.6. The summed E-state index contributed by atoms with van der Waals surface area (Å²) in [4.78, 5) is 80.1. The third-order valence-electron chi connectivity index (χ3n) is 19.4. The monoisotopic (exact) mass is 1400 g/mol. The summed E-state index contributed by atoms with van der Waals surface area (Å²) >= 11 is 0. The Morgan fingerprint density at radius 3 is 1.03 bits per heavy atom. The molecule has 0 radical (unpaired) electrons. The van der Waals surface area contributed by atoms with Gasteiger partial charge in [-0.1, -0.05) is 171 Å². The average Bonchev–Trinajstić information content (AvgIpc) is 0.729. The minimum atomic E-state index is -0.113. The minimum Gasteiger partial charge on any atom is -0.370 e. The highest BCUT2D eigenvalue weighted by Gasteiger charge is 2.28. The van der Waals surface area contributed by atoms with Crippen LogP contribution in [0.4, 0.5) is 57.1 Å². The van der Waals surface area contributed by atoms with Crippen molar-refractivity contribution in [3.05, 3.63) is 333 Å². The number of fused-ring (bicyclic) bond motifs is 32. The summed E-state index contributed by atoms with van der Waals surface area (Å²) < 4.78 is 0. The van der Waals surface area contributed by atoms with Crippen molar-refractivity contribution in [2.75, 3.05) is 0 Å². The number of aromatic nitrogens is 10. The Labute approximate surface area is 621 Å². The van der Waals surface area contributed by atoms with Crippen LogP contribution in [0, 0.1) is 77.1 Å². The SMILES string of the molecule is [C-]#[N+]c1c([N+]#[C-])c(C#N)c2c3nccnc3c3c4ccccc4ccc3c2c1[N+]#[C-].[C-]#[N+]c1cc2c(cc1[N+]#[C-])c1nccnc1c1c3ccccc3ccc21.[C-]#[N+]c1cc2c3nccnc3c3c4ccccc4ccc3c2c([N+]#[C-])c1[N+]#[C-].[C-]#[N+]c1nc2c3ccc4ccccc4c3c3nccnc3c2nc1[N+]#[C-]. The van der Waals surface area contributed by atoms with E-state index in [0.29, 0.717) is 76.9 Å². The molecule has 20 rings (SSSR count). The Morgan fingerprint density at radius 1 is 0.227 bits per heavy atom. The smallest absolute Gasteiger partial charge is 0.294 e.